The molecular weight excluding hydrogens is 671 g/mol. The lowest BCUT2D eigenvalue weighted by atomic mass is 9.72. The van der Waals surface area contributed by atoms with Crippen LogP contribution in [0.15, 0.2) is 23.1 Å². The Morgan fingerprint density at radius 3 is 2.25 bits per heavy atom. The van der Waals surface area contributed by atoms with E-state index in [2.05, 4.69) is 10.3 Å². The monoisotopic (exact) mass is 727 g/mol. The van der Waals surface area contributed by atoms with E-state index in [-0.39, 0.29) is 60.1 Å². The van der Waals surface area contributed by atoms with E-state index in [9.17, 15) is 34.2 Å². The standard InChI is InChI=1S/C39H57N3O8S/c1-22-9-8-10-23(2)36(50-38(49)28-13-11-27(12-14-28)20-42-34(46)15-16-35(42)47)25(4)37(48)39(6,7)32(44)19-33(45)41-30(18-31(22)43)24(3)17-29-21-51-26(5)40-29/h15-17,21-23,25,27-28,30-32,36,43-44H,8-14,18-20H2,1-7H3,(H,41,45)/b24-17+/t22-,23-,25+,27?,28?,30?,31-,32-,36-/m0/s1. The molecule has 3 heterocycles. The van der Waals surface area contributed by atoms with E-state index in [0.29, 0.717) is 45.1 Å². The summed E-state index contributed by atoms with van der Waals surface area (Å²) in [5.41, 5.74) is 0.296. The van der Waals surface area contributed by atoms with Gasteiger partial charge in [0.1, 0.15) is 11.9 Å². The first kappa shape index (κ1) is 40.5. The maximum atomic E-state index is 14.1. The number of nitrogens with one attached hydrogen (secondary N) is 1. The zero-order valence-corrected chi connectivity index (χ0v) is 32.0. The van der Waals surface area contributed by atoms with Crippen molar-refractivity contribution in [3.05, 3.63) is 33.8 Å². The molecule has 4 rings (SSSR count). The van der Waals surface area contributed by atoms with Gasteiger partial charge in [0.05, 0.1) is 52.6 Å². The first-order valence-electron chi connectivity index (χ1n) is 18.5. The molecule has 1 aromatic heterocycles. The van der Waals surface area contributed by atoms with Crippen LogP contribution < -0.4 is 5.32 Å². The van der Waals surface area contributed by atoms with Gasteiger partial charge in [0.25, 0.3) is 11.8 Å². The molecule has 2 fully saturated rings. The third kappa shape index (κ3) is 10.4. The van der Waals surface area contributed by atoms with E-state index in [0.717, 1.165) is 22.7 Å². The summed E-state index contributed by atoms with van der Waals surface area (Å²) in [5, 5.41) is 28.5. The lowest BCUT2D eigenvalue weighted by Gasteiger charge is -2.37. The molecular formula is C39H57N3O8S. The van der Waals surface area contributed by atoms with Gasteiger partial charge in [0.2, 0.25) is 5.91 Å². The SMILES string of the molecule is C/C(=C\c1csc(C)n1)C1C[C@H](O)[C@@H](C)CCC[C@H](C)[C@H](OC(=O)C2CCC(CN3C(=O)C=CC3=O)CC2)[C@@H](C)C(=O)C(C)(C)[C@@H](O)CC(=O)N1. The summed E-state index contributed by atoms with van der Waals surface area (Å²) >= 11 is 1.53. The predicted octanol–water partition coefficient (Wildman–Crippen LogP) is 5.17. The maximum Gasteiger partial charge on any atom is 0.309 e. The molecule has 3 aliphatic rings. The first-order valence-corrected chi connectivity index (χ1v) is 19.4. The Morgan fingerprint density at radius 2 is 1.65 bits per heavy atom. The molecule has 51 heavy (non-hydrogen) atoms. The second-order valence-corrected chi connectivity index (χ2v) is 16.9. The van der Waals surface area contributed by atoms with Crippen LogP contribution in [0.1, 0.15) is 110 Å². The van der Waals surface area contributed by atoms with Gasteiger partial charge in [-0.15, -0.1) is 11.3 Å². The lowest BCUT2D eigenvalue weighted by molar-refractivity contribution is -0.165. The van der Waals surface area contributed by atoms with Crippen molar-refractivity contribution in [2.75, 3.05) is 6.54 Å². The number of thiazole rings is 1. The highest BCUT2D eigenvalue weighted by Crippen LogP contribution is 2.36. The molecule has 1 unspecified atom stereocenters. The molecule has 1 aliphatic carbocycles. The fourth-order valence-electron chi connectivity index (χ4n) is 7.71. The van der Waals surface area contributed by atoms with Gasteiger partial charge in [-0.25, -0.2) is 4.98 Å². The van der Waals surface area contributed by atoms with Crippen LogP contribution in [-0.4, -0.2) is 80.5 Å². The summed E-state index contributed by atoms with van der Waals surface area (Å²) in [6.45, 7) is 13.1. The number of aliphatic hydroxyl groups excluding tert-OH is 2. The van der Waals surface area contributed by atoms with Crippen molar-refractivity contribution in [3.8, 4) is 0 Å². The Balaban J connectivity index is 1.47. The summed E-state index contributed by atoms with van der Waals surface area (Å²) < 4.78 is 6.21. The molecule has 3 N–H and O–H groups in total. The molecule has 7 atom stereocenters. The van der Waals surface area contributed by atoms with E-state index in [1.165, 1.54) is 28.4 Å². The molecule has 12 heteroatoms. The van der Waals surface area contributed by atoms with Gasteiger partial charge in [-0.3, -0.25) is 28.9 Å². The minimum Gasteiger partial charge on any atom is -0.461 e. The molecule has 0 spiro atoms. The summed E-state index contributed by atoms with van der Waals surface area (Å²) in [6.07, 6.45) is 6.25. The number of aliphatic hydroxyl groups is 2. The van der Waals surface area contributed by atoms with Crippen LogP contribution in [0, 0.1) is 41.9 Å². The average molecular weight is 728 g/mol. The van der Waals surface area contributed by atoms with E-state index < -0.39 is 41.6 Å². The highest BCUT2D eigenvalue weighted by atomic mass is 32.1. The average Bonchev–Trinajstić information content (AvgIpc) is 3.64. The number of nitrogens with zero attached hydrogens (tertiary/aromatic N) is 2. The van der Waals surface area contributed by atoms with Gasteiger partial charge in [-0.05, 0) is 88.2 Å². The molecule has 3 amide bonds. The van der Waals surface area contributed by atoms with Crippen LogP contribution in [0.3, 0.4) is 0 Å². The smallest absolute Gasteiger partial charge is 0.309 e. The van der Waals surface area contributed by atoms with Crippen molar-refractivity contribution >= 4 is 46.9 Å². The number of amides is 3. The zero-order chi connectivity index (χ0) is 37.6. The van der Waals surface area contributed by atoms with E-state index >= 15 is 0 Å². The minimum absolute atomic E-state index is 0.0829. The van der Waals surface area contributed by atoms with Crippen molar-refractivity contribution in [3.63, 3.8) is 0 Å². The number of hydrogen-bond acceptors (Lipinski definition) is 10. The topological polar surface area (TPSA) is 163 Å². The molecule has 0 aromatic carbocycles. The normalized spacial score (nSPS) is 33.3. The molecule has 1 aromatic rings. The van der Waals surface area contributed by atoms with Crippen molar-refractivity contribution in [2.45, 2.75) is 131 Å². The Labute approximate surface area is 306 Å². The number of aryl methyl sites for hydroxylation is 1. The van der Waals surface area contributed by atoms with Crippen LogP contribution in [0.4, 0.5) is 0 Å². The fraction of sp³-hybridized carbons (Fsp3) is 0.692. The van der Waals surface area contributed by atoms with E-state index in [4.69, 9.17) is 4.74 Å². The van der Waals surface area contributed by atoms with Crippen LogP contribution in [0.2, 0.25) is 0 Å². The summed E-state index contributed by atoms with van der Waals surface area (Å²) in [7, 11) is 0. The van der Waals surface area contributed by atoms with Crippen LogP contribution in [0.5, 0.6) is 0 Å². The number of hydrogen-bond donors (Lipinski definition) is 3. The van der Waals surface area contributed by atoms with Gasteiger partial charge < -0.3 is 20.3 Å². The molecule has 2 aliphatic heterocycles. The highest BCUT2D eigenvalue weighted by Gasteiger charge is 2.44. The Bertz CT molecular complexity index is 1470. The van der Waals surface area contributed by atoms with Gasteiger partial charge >= 0.3 is 5.97 Å². The quantitative estimate of drug-likeness (QED) is 0.265. The number of carbonyl (C=O) groups excluding carboxylic acids is 5. The maximum absolute atomic E-state index is 14.1. The largest absolute Gasteiger partial charge is 0.461 e. The van der Waals surface area contributed by atoms with E-state index in [1.807, 2.05) is 39.2 Å². The number of rotatable bonds is 6. The molecule has 282 valence electrons. The van der Waals surface area contributed by atoms with Crippen molar-refractivity contribution < 1.29 is 38.9 Å². The van der Waals surface area contributed by atoms with Crippen molar-refractivity contribution in [1.82, 2.24) is 15.2 Å². The molecule has 1 saturated carbocycles. The minimum atomic E-state index is -1.32. The van der Waals surface area contributed by atoms with Gasteiger partial charge in [0, 0.05) is 24.1 Å². The second kappa shape index (κ2) is 17.5. The Hall–Kier alpha value is -3.22. The van der Waals surface area contributed by atoms with Crippen LogP contribution in [0.25, 0.3) is 6.08 Å². The zero-order valence-electron chi connectivity index (χ0n) is 31.2. The third-order valence-electron chi connectivity index (χ3n) is 11.4. The Kier molecular flexibility index (Phi) is 13.9. The van der Waals surface area contributed by atoms with Crippen LogP contribution in [-0.2, 0) is 28.7 Å². The van der Waals surface area contributed by atoms with E-state index in [1.54, 1.807) is 20.8 Å². The predicted molar refractivity (Wildman–Crippen MR) is 195 cm³/mol. The number of carbonyl (C=O) groups is 5. The number of aromatic nitrogens is 1. The van der Waals surface area contributed by atoms with Crippen LogP contribution >= 0.6 is 11.3 Å². The molecule has 1 saturated heterocycles. The lowest BCUT2D eigenvalue weighted by Crippen LogP contribution is -2.48. The molecule has 11 nitrogen and oxygen atoms in total. The molecule has 0 bridgehead atoms. The number of imide groups is 1. The van der Waals surface area contributed by atoms with Gasteiger partial charge in [-0.1, -0.05) is 41.0 Å². The number of ether oxygens (including phenoxy) is 1. The summed E-state index contributed by atoms with van der Waals surface area (Å²) in [5.74, 6) is -2.95. The third-order valence-corrected chi connectivity index (χ3v) is 12.2. The number of Topliss-reactive ketones (excluding diaryl/α,β-unsaturated/α-hetero) is 1. The van der Waals surface area contributed by atoms with Crippen molar-refractivity contribution in [2.24, 2.45) is 35.0 Å². The van der Waals surface area contributed by atoms with Gasteiger partial charge in [0.15, 0.2) is 0 Å². The second-order valence-electron chi connectivity index (χ2n) is 15.8. The molecule has 0 radical (unpaired) electrons. The van der Waals surface area contributed by atoms with Crippen molar-refractivity contribution in [1.29, 1.82) is 0 Å². The number of esters is 1. The van der Waals surface area contributed by atoms with Gasteiger partial charge in [-0.2, -0.15) is 0 Å². The Morgan fingerprint density at radius 1 is 1.02 bits per heavy atom. The highest BCUT2D eigenvalue weighted by molar-refractivity contribution is 7.09. The summed E-state index contributed by atoms with van der Waals surface area (Å²) in [6, 6.07) is -0.491. The number of ketones is 1. The first-order chi connectivity index (χ1) is 24.0. The fourth-order valence-corrected chi connectivity index (χ4v) is 8.28. The summed E-state index contributed by atoms with van der Waals surface area (Å²) in [4.78, 5) is 71.0.